The fourth-order valence-electron chi connectivity index (χ4n) is 2.30. The zero-order chi connectivity index (χ0) is 21.6. The highest BCUT2D eigenvalue weighted by molar-refractivity contribution is 5.76. The molecule has 0 fully saturated rings. The van der Waals surface area contributed by atoms with E-state index < -0.39 is 17.7 Å². The van der Waals surface area contributed by atoms with E-state index in [-0.39, 0.29) is 37.3 Å². The van der Waals surface area contributed by atoms with E-state index in [1.54, 1.807) is 20.8 Å². The molecule has 0 aromatic carbocycles. The first-order valence-corrected chi connectivity index (χ1v) is 9.53. The average molecular weight is 402 g/mol. The van der Waals surface area contributed by atoms with Gasteiger partial charge in [0.25, 0.3) is 0 Å². The number of hydrogen-bond donors (Lipinski definition) is 6. The number of carbonyl (C=O) groups excluding carboxylic acids is 2. The van der Waals surface area contributed by atoms with Crippen LogP contribution in [0.15, 0.2) is 0 Å². The zero-order valence-electron chi connectivity index (χ0n) is 17.1. The maximum absolute atomic E-state index is 11.9. The van der Waals surface area contributed by atoms with Gasteiger partial charge in [0, 0.05) is 32.5 Å². The van der Waals surface area contributed by atoms with Crippen molar-refractivity contribution in [1.29, 1.82) is 5.41 Å². The summed E-state index contributed by atoms with van der Waals surface area (Å²) in [5.74, 6) is -1.30. The summed E-state index contributed by atoms with van der Waals surface area (Å²) >= 11 is 0. The molecule has 10 nitrogen and oxygen atoms in total. The molecule has 0 aliphatic heterocycles. The normalized spacial score (nSPS) is 12.0. The lowest BCUT2D eigenvalue weighted by molar-refractivity contribution is -0.137. The van der Waals surface area contributed by atoms with Gasteiger partial charge in [-0.15, -0.1) is 0 Å². The number of guanidine groups is 1. The van der Waals surface area contributed by atoms with Crippen molar-refractivity contribution < 1.29 is 24.2 Å². The van der Waals surface area contributed by atoms with E-state index in [0.717, 1.165) is 12.8 Å². The quantitative estimate of drug-likeness (QED) is 0.153. The van der Waals surface area contributed by atoms with E-state index in [1.165, 1.54) is 0 Å². The molecule has 0 aromatic heterocycles. The van der Waals surface area contributed by atoms with E-state index in [9.17, 15) is 14.4 Å². The maximum Gasteiger partial charge on any atom is 0.407 e. The molecule has 28 heavy (non-hydrogen) atoms. The van der Waals surface area contributed by atoms with Crippen molar-refractivity contribution in [3.63, 3.8) is 0 Å². The first-order chi connectivity index (χ1) is 13.0. The number of nitrogens with two attached hydrogens (primary N) is 1. The average Bonchev–Trinajstić information content (AvgIpc) is 2.55. The lowest BCUT2D eigenvalue weighted by Crippen LogP contribution is -2.39. The number of carbonyl (C=O) groups is 3. The second kappa shape index (κ2) is 13.6. The standard InChI is InChI=1S/C18H35N5O5/c1-18(2,3)28-17(27)23-12-13(8-9-15(25)26)11-22-14(24)7-5-4-6-10-21-16(19)20/h13H,4-12H2,1-3H3,(H,22,24)(H,23,27)(H,25,26)(H4,19,20,21). The molecule has 10 heteroatoms. The van der Waals surface area contributed by atoms with Crippen LogP contribution in [0.1, 0.15) is 59.3 Å². The number of rotatable bonds is 13. The highest BCUT2D eigenvalue weighted by Crippen LogP contribution is 2.09. The minimum absolute atomic E-state index is 0.0420. The summed E-state index contributed by atoms with van der Waals surface area (Å²) in [5, 5.41) is 24.0. The Bertz CT molecular complexity index is 519. The van der Waals surface area contributed by atoms with Gasteiger partial charge in [-0.2, -0.15) is 0 Å². The lowest BCUT2D eigenvalue weighted by Gasteiger charge is -2.22. The first-order valence-electron chi connectivity index (χ1n) is 9.53. The number of alkyl carbamates (subject to hydrolysis) is 1. The Morgan fingerprint density at radius 2 is 1.68 bits per heavy atom. The highest BCUT2D eigenvalue weighted by atomic mass is 16.6. The summed E-state index contributed by atoms with van der Waals surface area (Å²) < 4.78 is 5.16. The molecule has 0 aliphatic carbocycles. The summed E-state index contributed by atoms with van der Waals surface area (Å²) in [7, 11) is 0. The van der Waals surface area contributed by atoms with Crippen molar-refractivity contribution in [2.75, 3.05) is 19.6 Å². The van der Waals surface area contributed by atoms with Crippen molar-refractivity contribution in [3.05, 3.63) is 0 Å². The van der Waals surface area contributed by atoms with Gasteiger partial charge in [-0.1, -0.05) is 6.42 Å². The second-order valence-electron chi connectivity index (χ2n) is 7.64. The summed E-state index contributed by atoms with van der Waals surface area (Å²) in [4.78, 5) is 34.5. The summed E-state index contributed by atoms with van der Waals surface area (Å²) in [6.45, 7) is 6.37. The molecule has 1 atom stereocenters. The van der Waals surface area contributed by atoms with Crippen molar-refractivity contribution in [3.8, 4) is 0 Å². The Kier molecular flexibility index (Phi) is 12.4. The van der Waals surface area contributed by atoms with Gasteiger partial charge < -0.3 is 31.5 Å². The molecule has 2 amide bonds. The minimum atomic E-state index is -0.923. The van der Waals surface area contributed by atoms with Crippen LogP contribution in [-0.2, 0) is 14.3 Å². The van der Waals surface area contributed by atoms with Crippen LogP contribution in [0.5, 0.6) is 0 Å². The Hall–Kier alpha value is -2.52. The van der Waals surface area contributed by atoms with Crippen LogP contribution in [0.25, 0.3) is 0 Å². The Labute approximate surface area is 166 Å². The number of ether oxygens (including phenoxy) is 1. The van der Waals surface area contributed by atoms with Gasteiger partial charge in [-0.3, -0.25) is 15.0 Å². The number of carboxylic acid groups (broad SMARTS) is 1. The minimum Gasteiger partial charge on any atom is -0.481 e. The van der Waals surface area contributed by atoms with Gasteiger partial charge in [-0.05, 0) is 46.0 Å². The van der Waals surface area contributed by atoms with Gasteiger partial charge in [-0.25, -0.2) is 4.79 Å². The van der Waals surface area contributed by atoms with Crippen molar-refractivity contribution in [2.24, 2.45) is 11.7 Å². The van der Waals surface area contributed by atoms with E-state index in [4.69, 9.17) is 21.0 Å². The summed E-state index contributed by atoms with van der Waals surface area (Å²) in [6.07, 6.45) is 2.44. The van der Waals surface area contributed by atoms with Crippen LogP contribution in [0.4, 0.5) is 4.79 Å². The molecule has 0 saturated carbocycles. The van der Waals surface area contributed by atoms with Crippen molar-refractivity contribution in [1.82, 2.24) is 16.0 Å². The molecule has 0 aliphatic rings. The summed E-state index contributed by atoms with van der Waals surface area (Å²) in [6, 6.07) is 0. The number of nitrogens with one attached hydrogen (secondary N) is 4. The van der Waals surface area contributed by atoms with Crippen LogP contribution in [0.3, 0.4) is 0 Å². The predicted octanol–water partition coefficient (Wildman–Crippen LogP) is 1.15. The molecule has 1 unspecified atom stereocenters. The van der Waals surface area contributed by atoms with Crippen LogP contribution >= 0.6 is 0 Å². The highest BCUT2D eigenvalue weighted by Gasteiger charge is 2.18. The SMILES string of the molecule is CC(C)(C)OC(=O)NCC(CCC(=O)O)CNC(=O)CCCCCNC(=N)N. The first kappa shape index (κ1) is 25.5. The molecular formula is C18H35N5O5. The fourth-order valence-corrected chi connectivity index (χ4v) is 2.30. The molecule has 0 heterocycles. The van der Waals surface area contributed by atoms with Crippen molar-refractivity contribution in [2.45, 2.75) is 64.9 Å². The van der Waals surface area contributed by atoms with Crippen LogP contribution in [-0.4, -0.2) is 54.3 Å². The molecule has 0 aromatic rings. The molecule has 0 radical (unpaired) electrons. The molecule has 162 valence electrons. The van der Waals surface area contributed by atoms with Gasteiger partial charge in [0.1, 0.15) is 5.60 Å². The molecule has 0 saturated heterocycles. The van der Waals surface area contributed by atoms with E-state index in [2.05, 4.69) is 16.0 Å². The zero-order valence-corrected chi connectivity index (χ0v) is 17.1. The van der Waals surface area contributed by atoms with Crippen LogP contribution < -0.4 is 21.7 Å². The van der Waals surface area contributed by atoms with E-state index in [1.807, 2.05) is 0 Å². The number of hydrogen-bond acceptors (Lipinski definition) is 5. The van der Waals surface area contributed by atoms with E-state index >= 15 is 0 Å². The van der Waals surface area contributed by atoms with Crippen LogP contribution in [0.2, 0.25) is 0 Å². The fraction of sp³-hybridized carbons (Fsp3) is 0.778. The van der Waals surface area contributed by atoms with Gasteiger partial charge >= 0.3 is 12.1 Å². The third-order valence-corrected chi connectivity index (χ3v) is 3.68. The monoisotopic (exact) mass is 401 g/mol. The molecular weight excluding hydrogens is 366 g/mol. The van der Waals surface area contributed by atoms with Gasteiger partial charge in [0.15, 0.2) is 5.96 Å². The third-order valence-electron chi connectivity index (χ3n) is 3.68. The lowest BCUT2D eigenvalue weighted by atomic mass is 10.0. The molecule has 0 bridgehead atoms. The maximum atomic E-state index is 11.9. The number of unbranched alkanes of at least 4 members (excludes halogenated alkanes) is 2. The van der Waals surface area contributed by atoms with Crippen molar-refractivity contribution >= 4 is 23.9 Å². The largest absolute Gasteiger partial charge is 0.481 e. The van der Waals surface area contributed by atoms with Crippen LogP contribution in [0, 0.1) is 11.3 Å². The molecule has 7 N–H and O–H groups in total. The second-order valence-corrected chi connectivity index (χ2v) is 7.64. The summed E-state index contributed by atoms with van der Waals surface area (Å²) in [5.41, 5.74) is 4.56. The van der Waals surface area contributed by atoms with Gasteiger partial charge in [0.2, 0.25) is 5.91 Å². The number of carboxylic acids is 1. The predicted molar refractivity (Wildman–Crippen MR) is 106 cm³/mol. The Balaban J connectivity index is 4.18. The number of amides is 2. The Morgan fingerprint density at radius 3 is 2.25 bits per heavy atom. The smallest absolute Gasteiger partial charge is 0.407 e. The molecule has 0 spiro atoms. The third kappa shape index (κ3) is 16.9. The molecule has 0 rings (SSSR count). The van der Waals surface area contributed by atoms with E-state index in [0.29, 0.717) is 25.8 Å². The number of aliphatic carboxylic acids is 1. The Morgan fingerprint density at radius 1 is 1.04 bits per heavy atom. The van der Waals surface area contributed by atoms with Gasteiger partial charge in [0.05, 0.1) is 0 Å². The topological polar surface area (TPSA) is 167 Å².